The second-order valence-corrected chi connectivity index (χ2v) is 9.35. The molecule has 0 aliphatic heterocycles. The van der Waals surface area contributed by atoms with E-state index in [2.05, 4.69) is 5.10 Å². The number of nitrogens with zero attached hydrogens (tertiary/aromatic N) is 4. The molecule has 0 bridgehead atoms. The standard InChI is InChI=1S/C21H28N4O2S/c1-7-20-19(15(2)25(6)22-20)14-24(5)28(26,27)17-11-12-18-16(13-17)9-8-10-21(18)23(3)4/h8-13H,7,14H2,1-6H3. The number of aromatic nitrogens is 2. The number of hydrogen-bond acceptors (Lipinski definition) is 4. The van der Waals surface area contributed by atoms with Crippen molar-refractivity contribution >= 4 is 26.5 Å². The molecule has 0 radical (unpaired) electrons. The second kappa shape index (κ2) is 7.56. The van der Waals surface area contributed by atoms with Crippen molar-refractivity contribution in [2.45, 2.75) is 31.7 Å². The highest BCUT2D eigenvalue weighted by atomic mass is 32.2. The Morgan fingerprint density at radius 2 is 1.82 bits per heavy atom. The summed E-state index contributed by atoms with van der Waals surface area (Å²) in [5.74, 6) is 0. The smallest absolute Gasteiger partial charge is 0.243 e. The van der Waals surface area contributed by atoms with E-state index in [0.29, 0.717) is 11.4 Å². The van der Waals surface area contributed by atoms with Gasteiger partial charge in [0.15, 0.2) is 0 Å². The minimum Gasteiger partial charge on any atom is -0.377 e. The van der Waals surface area contributed by atoms with E-state index in [1.54, 1.807) is 19.2 Å². The molecule has 6 nitrogen and oxygen atoms in total. The summed E-state index contributed by atoms with van der Waals surface area (Å²) in [6.45, 7) is 4.31. The number of rotatable bonds is 6. The lowest BCUT2D eigenvalue weighted by Crippen LogP contribution is -2.27. The molecule has 0 amide bonds. The van der Waals surface area contributed by atoms with E-state index in [0.717, 1.165) is 39.8 Å². The van der Waals surface area contributed by atoms with Crippen LogP contribution in [0.3, 0.4) is 0 Å². The Kier molecular flexibility index (Phi) is 5.50. The van der Waals surface area contributed by atoms with Crippen LogP contribution in [0.25, 0.3) is 10.8 Å². The fourth-order valence-electron chi connectivity index (χ4n) is 3.49. The van der Waals surface area contributed by atoms with E-state index >= 15 is 0 Å². The topological polar surface area (TPSA) is 58.4 Å². The van der Waals surface area contributed by atoms with Crippen molar-refractivity contribution in [1.82, 2.24) is 14.1 Å². The Bertz CT molecular complexity index is 1120. The van der Waals surface area contributed by atoms with Crippen LogP contribution in [0.1, 0.15) is 23.9 Å². The molecular formula is C21H28N4O2S. The molecule has 1 aromatic heterocycles. The summed E-state index contributed by atoms with van der Waals surface area (Å²) in [5, 5.41) is 6.44. The van der Waals surface area contributed by atoms with Gasteiger partial charge >= 0.3 is 0 Å². The maximum absolute atomic E-state index is 13.2. The molecule has 2 aromatic carbocycles. The number of fused-ring (bicyclic) bond motifs is 1. The first-order valence-electron chi connectivity index (χ1n) is 9.34. The van der Waals surface area contributed by atoms with Gasteiger partial charge in [0.05, 0.1) is 10.6 Å². The Hall–Kier alpha value is -2.38. The molecule has 3 rings (SSSR count). The second-order valence-electron chi connectivity index (χ2n) is 7.30. The van der Waals surface area contributed by atoms with Gasteiger partial charge in [-0.05, 0) is 36.9 Å². The van der Waals surface area contributed by atoms with Crippen molar-refractivity contribution in [1.29, 1.82) is 0 Å². The van der Waals surface area contributed by atoms with E-state index in [1.165, 1.54) is 4.31 Å². The average Bonchev–Trinajstić information content (AvgIpc) is 2.94. The zero-order valence-electron chi connectivity index (χ0n) is 17.4. The van der Waals surface area contributed by atoms with Crippen molar-refractivity contribution in [3.63, 3.8) is 0 Å². The van der Waals surface area contributed by atoms with Crippen molar-refractivity contribution in [2.75, 3.05) is 26.0 Å². The van der Waals surface area contributed by atoms with Crippen LogP contribution in [-0.4, -0.2) is 43.6 Å². The summed E-state index contributed by atoms with van der Waals surface area (Å²) < 4.78 is 29.6. The number of hydrogen-bond donors (Lipinski definition) is 0. The number of sulfonamides is 1. The van der Waals surface area contributed by atoms with E-state index < -0.39 is 10.0 Å². The minimum absolute atomic E-state index is 0.304. The summed E-state index contributed by atoms with van der Waals surface area (Å²) >= 11 is 0. The molecule has 28 heavy (non-hydrogen) atoms. The van der Waals surface area contributed by atoms with Gasteiger partial charge in [-0.15, -0.1) is 0 Å². The molecule has 0 aliphatic carbocycles. The highest BCUT2D eigenvalue weighted by Gasteiger charge is 2.24. The van der Waals surface area contributed by atoms with Crippen LogP contribution in [-0.2, 0) is 30.0 Å². The van der Waals surface area contributed by atoms with Gasteiger partial charge in [0.2, 0.25) is 10.0 Å². The summed E-state index contributed by atoms with van der Waals surface area (Å²) in [6, 6.07) is 11.3. The Morgan fingerprint density at radius 1 is 1.11 bits per heavy atom. The lowest BCUT2D eigenvalue weighted by atomic mass is 10.1. The molecule has 0 N–H and O–H groups in total. The number of benzene rings is 2. The highest BCUT2D eigenvalue weighted by molar-refractivity contribution is 7.89. The summed E-state index contributed by atoms with van der Waals surface area (Å²) in [7, 11) is 3.86. The normalized spacial score (nSPS) is 12.1. The predicted octanol–water partition coefficient (Wildman–Crippen LogP) is 3.33. The SMILES string of the molecule is CCc1nn(C)c(C)c1CN(C)S(=O)(=O)c1ccc2c(N(C)C)cccc2c1. The Morgan fingerprint density at radius 3 is 2.46 bits per heavy atom. The van der Waals surface area contributed by atoms with Crippen LogP contribution in [0.5, 0.6) is 0 Å². The molecule has 0 spiro atoms. The van der Waals surface area contributed by atoms with Gasteiger partial charge in [0, 0.05) is 57.1 Å². The summed E-state index contributed by atoms with van der Waals surface area (Å²) in [6.07, 6.45) is 0.772. The van der Waals surface area contributed by atoms with E-state index in [9.17, 15) is 8.42 Å². The molecule has 0 saturated carbocycles. The van der Waals surface area contributed by atoms with Crippen LogP contribution >= 0.6 is 0 Å². The van der Waals surface area contributed by atoms with Gasteiger partial charge in [-0.3, -0.25) is 4.68 Å². The van der Waals surface area contributed by atoms with Crippen LogP contribution in [0.4, 0.5) is 5.69 Å². The lowest BCUT2D eigenvalue weighted by Gasteiger charge is -2.19. The van der Waals surface area contributed by atoms with Crippen molar-refractivity contribution < 1.29 is 8.42 Å². The number of anilines is 1. The van der Waals surface area contributed by atoms with Gasteiger partial charge < -0.3 is 4.90 Å². The maximum Gasteiger partial charge on any atom is 0.243 e. The van der Waals surface area contributed by atoms with Crippen LogP contribution in [0.2, 0.25) is 0 Å². The molecule has 0 atom stereocenters. The molecule has 0 saturated heterocycles. The molecule has 3 aromatic rings. The predicted molar refractivity (Wildman–Crippen MR) is 114 cm³/mol. The summed E-state index contributed by atoms with van der Waals surface area (Å²) in [5.41, 5.74) is 3.98. The van der Waals surface area contributed by atoms with Gasteiger partial charge in [-0.2, -0.15) is 9.40 Å². The maximum atomic E-state index is 13.2. The first-order valence-corrected chi connectivity index (χ1v) is 10.8. The van der Waals surface area contributed by atoms with Gasteiger partial charge in [0.25, 0.3) is 0 Å². The Balaban J connectivity index is 1.98. The van der Waals surface area contributed by atoms with E-state index in [1.807, 2.05) is 68.8 Å². The van der Waals surface area contributed by atoms with Gasteiger partial charge in [-0.1, -0.05) is 25.1 Å². The fraction of sp³-hybridized carbons (Fsp3) is 0.381. The minimum atomic E-state index is -3.61. The van der Waals surface area contributed by atoms with Crippen molar-refractivity contribution in [3.8, 4) is 0 Å². The largest absolute Gasteiger partial charge is 0.377 e. The molecule has 0 aliphatic rings. The molecular weight excluding hydrogens is 372 g/mol. The average molecular weight is 401 g/mol. The lowest BCUT2D eigenvalue weighted by molar-refractivity contribution is 0.464. The highest BCUT2D eigenvalue weighted by Crippen LogP contribution is 2.29. The van der Waals surface area contributed by atoms with Gasteiger partial charge in [-0.25, -0.2) is 8.42 Å². The molecule has 150 valence electrons. The van der Waals surface area contributed by atoms with Crippen molar-refractivity contribution in [3.05, 3.63) is 53.3 Å². The quantitative estimate of drug-likeness (QED) is 0.637. The molecule has 7 heteroatoms. The first kappa shape index (κ1) is 20.4. The third kappa shape index (κ3) is 3.52. The monoisotopic (exact) mass is 400 g/mol. The van der Waals surface area contributed by atoms with Crippen LogP contribution < -0.4 is 4.90 Å². The van der Waals surface area contributed by atoms with Gasteiger partial charge in [0.1, 0.15) is 0 Å². The third-order valence-corrected chi connectivity index (χ3v) is 7.08. The fourth-order valence-corrected chi connectivity index (χ4v) is 4.67. The zero-order chi connectivity index (χ0) is 20.6. The molecule has 0 fully saturated rings. The zero-order valence-corrected chi connectivity index (χ0v) is 18.2. The van der Waals surface area contributed by atoms with E-state index in [-0.39, 0.29) is 0 Å². The third-order valence-electron chi connectivity index (χ3n) is 5.28. The molecule has 0 unspecified atom stereocenters. The van der Waals surface area contributed by atoms with Crippen LogP contribution in [0, 0.1) is 6.92 Å². The van der Waals surface area contributed by atoms with Crippen LogP contribution in [0.15, 0.2) is 41.3 Å². The molecule has 1 heterocycles. The number of aryl methyl sites for hydroxylation is 2. The first-order chi connectivity index (χ1) is 13.2. The Labute approximate surface area is 167 Å². The van der Waals surface area contributed by atoms with E-state index in [4.69, 9.17) is 0 Å². The summed E-state index contributed by atoms with van der Waals surface area (Å²) in [4.78, 5) is 2.33. The van der Waals surface area contributed by atoms with Crippen molar-refractivity contribution in [2.24, 2.45) is 7.05 Å².